The topological polar surface area (TPSA) is 73.0 Å². The van der Waals surface area contributed by atoms with Crippen LogP contribution in [0.2, 0.25) is 5.02 Å². The molecule has 124 valence electrons. The van der Waals surface area contributed by atoms with Gasteiger partial charge in [-0.25, -0.2) is 0 Å². The van der Waals surface area contributed by atoms with Gasteiger partial charge in [0.25, 0.3) is 5.91 Å². The summed E-state index contributed by atoms with van der Waals surface area (Å²) in [5, 5.41) is 11.7. The Morgan fingerprint density at radius 1 is 1.12 bits per heavy atom. The highest BCUT2D eigenvalue weighted by atomic mass is 35.5. The zero-order valence-electron chi connectivity index (χ0n) is 13.2. The van der Waals surface area contributed by atoms with Crippen molar-refractivity contribution in [3.05, 3.63) is 71.5 Å². The number of aromatic nitrogens is 3. The second kappa shape index (κ2) is 6.07. The molecule has 2 aromatic carbocycles. The van der Waals surface area contributed by atoms with Crippen molar-refractivity contribution in [1.29, 1.82) is 0 Å². The van der Waals surface area contributed by atoms with Crippen LogP contribution in [-0.4, -0.2) is 20.7 Å². The number of fused-ring (bicyclic) bond motifs is 1. The van der Waals surface area contributed by atoms with Gasteiger partial charge in [-0.05, 0) is 49.4 Å². The van der Waals surface area contributed by atoms with E-state index in [4.69, 9.17) is 16.0 Å². The Balaban J connectivity index is 1.64. The smallest absolute Gasteiger partial charge is 0.257 e. The van der Waals surface area contributed by atoms with Gasteiger partial charge in [-0.1, -0.05) is 11.6 Å². The molecule has 1 N–H and O–H groups in total. The molecule has 25 heavy (non-hydrogen) atoms. The summed E-state index contributed by atoms with van der Waals surface area (Å²) in [6.45, 7) is 1.88. The Morgan fingerprint density at radius 2 is 1.92 bits per heavy atom. The number of anilines is 1. The molecule has 0 atom stereocenters. The fraction of sp³-hybridized carbons (Fsp3) is 0.0556. The quantitative estimate of drug-likeness (QED) is 0.599. The van der Waals surface area contributed by atoms with Crippen molar-refractivity contribution in [3.63, 3.8) is 0 Å². The summed E-state index contributed by atoms with van der Waals surface area (Å²) < 4.78 is 7.24. The molecule has 0 aliphatic rings. The van der Waals surface area contributed by atoms with Gasteiger partial charge in [0, 0.05) is 16.8 Å². The molecule has 0 aliphatic carbocycles. The van der Waals surface area contributed by atoms with Gasteiger partial charge in [-0.2, -0.15) is 0 Å². The molecule has 0 saturated heterocycles. The van der Waals surface area contributed by atoms with Crippen molar-refractivity contribution in [2.24, 2.45) is 0 Å². The number of benzene rings is 2. The Labute approximate surface area is 148 Å². The molecular weight excluding hydrogens is 340 g/mol. The van der Waals surface area contributed by atoms with Gasteiger partial charge in [-0.3, -0.25) is 9.36 Å². The molecule has 2 heterocycles. The van der Waals surface area contributed by atoms with Crippen LogP contribution in [-0.2, 0) is 0 Å². The van der Waals surface area contributed by atoms with E-state index >= 15 is 0 Å². The number of nitrogens with zero attached hydrogens (tertiary/aromatic N) is 3. The van der Waals surface area contributed by atoms with Crippen LogP contribution in [0.3, 0.4) is 0 Å². The predicted molar refractivity (Wildman–Crippen MR) is 95.3 cm³/mol. The lowest BCUT2D eigenvalue weighted by Crippen LogP contribution is -2.13. The van der Waals surface area contributed by atoms with Crippen molar-refractivity contribution in [2.75, 3.05) is 5.32 Å². The predicted octanol–water partition coefficient (Wildman–Crippen LogP) is 4.23. The van der Waals surface area contributed by atoms with E-state index < -0.39 is 0 Å². The lowest BCUT2D eigenvalue weighted by Gasteiger charge is -2.09. The van der Waals surface area contributed by atoms with E-state index in [-0.39, 0.29) is 5.91 Å². The van der Waals surface area contributed by atoms with Crippen molar-refractivity contribution in [1.82, 2.24) is 14.8 Å². The maximum Gasteiger partial charge on any atom is 0.257 e. The number of halogens is 1. The van der Waals surface area contributed by atoms with Gasteiger partial charge in [0.1, 0.15) is 24.0 Å². The Morgan fingerprint density at radius 3 is 2.72 bits per heavy atom. The molecule has 0 spiro atoms. The highest BCUT2D eigenvalue weighted by Gasteiger charge is 2.13. The van der Waals surface area contributed by atoms with E-state index in [9.17, 15) is 4.79 Å². The third kappa shape index (κ3) is 2.99. The molecule has 4 rings (SSSR count). The molecule has 7 heteroatoms. The van der Waals surface area contributed by atoms with E-state index in [1.807, 2.05) is 25.1 Å². The Hall–Kier alpha value is -3.12. The van der Waals surface area contributed by atoms with E-state index in [0.717, 1.165) is 22.4 Å². The molecule has 1 amide bonds. The lowest BCUT2D eigenvalue weighted by atomic mass is 10.1. The highest BCUT2D eigenvalue weighted by molar-refractivity contribution is 6.34. The van der Waals surface area contributed by atoms with Crippen LogP contribution in [0.4, 0.5) is 5.69 Å². The average Bonchev–Trinajstić information content (AvgIpc) is 3.23. The van der Waals surface area contributed by atoms with E-state index in [2.05, 4.69) is 15.5 Å². The summed E-state index contributed by atoms with van der Waals surface area (Å²) >= 11 is 6.20. The summed E-state index contributed by atoms with van der Waals surface area (Å²) in [5.74, 6) is 0.530. The molecule has 2 aromatic heterocycles. The summed E-state index contributed by atoms with van der Waals surface area (Å²) in [6.07, 6.45) is 3.11. The number of hydrogen-bond acceptors (Lipinski definition) is 4. The molecule has 0 unspecified atom stereocenters. The van der Waals surface area contributed by atoms with E-state index in [1.165, 1.54) is 0 Å². The Kier molecular flexibility index (Phi) is 3.74. The normalized spacial score (nSPS) is 11.0. The molecule has 0 radical (unpaired) electrons. The molecular formula is C18H13ClN4O2. The lowest BCUT2D eigenvalue weighted by molar-refractivity contribution is 0.102. The van der Waals surface area contributed by atoms with Crippen LogP contribution in [0.25, 0.3) is 16.7 Å². The van der Waals surface area contributed by atoms with Gasteiger partial charge >= 0.3 is 0 Å². The molecule has 4 aromatic rings. The standard InChI is InChI=1S/C18H13ClN4O2/c1-11-6-12-7-13(2-5-17(12)25-11)22-18(24)15-8-14(3-4-16(15)19)23-9-20-21-10-23/h2-10H,1H3,(H,22,24). The van der Waals surface area contributed by atoms with Crippen LogP contribution < -0.4 is 5.32 Å². The number of carbonyl (C=O) groups excluding carboxylic acids is 1. The maximum atomic E-state index is 12.6. The largest absolute Gasteiger partial charge is 0.461 e. The third-order valence-electron chi connectivity index (χ3n) is 3.81. The molecule has 0 aliphatic heterocycles. The second-order valence-corrected chi connectivity index (χ2v) is 6.00. The van der Waals surface area contributed by atoms with Gasteiger partial charge in [0.05, 0.1) is 10.6 Å². The van der Waals surface area contributed by atoms with Gasteiger partial charge in [0.15, 0.2) is 0 Å². The summed E-state index contributed by atoms with van der Waals surface area (Å²) in [5.41, 5.74) is 2.57. The first-order chi connectivity index (χ1) is 12.1. The average molecular weight is 353 g/mol. The van der Waals surface area contributed by atoms with Crippen LogP contribution in [0.15, 0.2) is 59.5 Å². The first-order valence-corrected chi connectivity index (χ1v) is 7.94. The monoisotopic (exact) mass is 352 g/mol. The minimum Gasteiger partial charge on any atom is -0.461 e. The molecule has 0 fully saturated rings. The van der Waals surface area contributed by atoms with E-state index in [0.29, 0.717) is 16.3 Å². The van der Waals surface area contributed by atoms with Crippen LogP contribution in [0.1, 0.15) is 16.1 Å². The number of amides is 1. The Bertz CT molecular complexity index is 1070. The summed E-state index contributed by atoms with van der Waals surface area (Å²) in [6, 6.07) is 12.6. The third-order valence-corrected chi connectivity index (χ3v) is 4.14. The van der Waals surface area contributed by atoms with Crippen LogP contribution in [0.5, 0.6) is 0 Å². The molecule has 0 bridgehead atoms. The number of furan rings is 1. The highest BCUT2D eigenvalue weighted by Crippen LogP contribution is 2.25. The number of rotatable bonds is 3. The number of aryl methyl sites for hydroxylation is 1. The zero-order valence-corrected chi connectivity index (χ0v) is 14.0. The van der Waals surface area contributed by atoms with Crippen LogP contribution >= 0.6 is 11.6 Å². The number of nitrogens with one attached hydrogen (secondary N) is 1. The van der Waals surface area contributed by atoms with Gasteiger partial charge in [-0.15, -0.1) is 10.2 Å². The van der Waals surface area contributed by atoms with Crippen molar-refractivity contribution in [3.8, 4) is 5.69 Å². The van der Waals surface area contributed by atoms with Crippen molar-refractivity contribution >= 4 is 34.2 Å². The summed E-state index contributed by atoms with van der Waals surface area (Å²) in [4.78, 5) is 12.6. The van der Waals surface area contributed by atoms with Crippen LogP contribution in [0, 0.1) is 6.92 Å². The number of hydrogen-bond donors (Lipinski definition) is 1. The number of carbonyl (C=O) groups is 1. The van der Waals surface area contributed by atoms with Crippen molar-refractivity contribution < 1.29 is 9.21 Å². The second-order valence-electron chi connectivity index (χ2n) is 5.60. The van der Waals surface area contributed by atoms with Gasteiger partial charge < -0.3 is 9.73 Å². The zero-order chi connectivity index (χ0) is 17.4. The fourth-order valence-electron chi connectivity index (χ4n) is 2.63. The first-order valence-electron chi connectivity index (χ1n) is 7.56. The SMILES string of the molecule is Cc1cc2cc(NC(=O)c3cc(-n4cnnc4)ccc3Cl)ccc2o1. The fourth-order valence-corrected chi connectivity index (χ4v) is 2.84. The van der Waals surface area contributed by atoms with Gasteiger partial charge in [0.2, 0.25) is 0 Å². The first kappa shape index (κ1) is 15.4. The summed E-state index contributed by atoms with van der Waals surface area (Å²) in [7, 11) is 0. The molecule has 0 saturated carbocycles. The minimum atomic E-state index is -0.292. The maximum absolute atomic E-state index is 12.6. The van der Waals surface area contributed by atoms with E-state index in [1.54, 1.807) is 41.5 Å². The molecule has 6 nitrogen and oxygen atoms in total. The van der Waals surface area contributed by atoms with Crippen molar-refractivity contribution in [2.45, 2.75) is 6.92 Å². The minimum absolute atomic E-state index is 0.292.